The Morgan fingerprint density at radius 2 is 1.85 bits per heavy atom. The van der Waals surface area contributed by atoms with E-state index in [9.17, 15) is 4.79 Å². The number of benzene rings is 2. The molecule has 1 aliphatic heterocycles. The van der Waals surface area contributed by atoms with E-state index in [1.807, 2.05) is 30.3 Å². The number of rotatable bonds is 6. The highest BCUT2D eigenvalue weighted by atomic mass is 16.6. The van der Waals surface area contributed by atoms with Gasteiger partial charge in [0.05, 0.1) is 26.4 Å². The number of nitrogens with zero attached hydrogens (tertiary/aromatic N) is 1. The standard InChI is InChI=1S/C20H22N2O5/c1-13(16-6-5-15(24-2)12-18(16)25-3)21-22-20(23)11-14-4-7-17-19(10-14)27-9-8-26-17/h4-7,10,12H,8-9,11H2,1-3H3,(H,22,23)/b21-13-. The molecule has 27 heavy (non-hydrogen) atoms. The maximum absolute atomic E-state index is 12.2. The lowest BCUT2D eigenvalue weighted by atomic mass is 10.1. The molecular formula is C20H22N2O5. The van der Waals surface area contributed by atoms with E-state index in [1.165, 1.54) is 0 Å². The van der Waals surface area contributed by atoms with E-state index in [2.05, 4.69) is 10.5 Å². The molecule has 0 atom stereocenters. The summed E-state index contributed by atoms with van der Waals surface area (Å²) in [5, 5.41) is 4.18. The van der Waals surface area contributed by atoms with Crippen molar-refractivity contribution in [3.63, 3.8) is 0 Å². The second-order valence-electron chi connectivity index (χ2n) is 5.95. The molecule has 0 saturated carbocycles. The summed E-state index contributed by atoms with van der Waals surface area (Å²) in [6, 6.07) is 10.9. The van der Waals surface area contributed by atoms with Crippen molar-refractivity contribution in [3.05, 3.63) is 47.5 Å². The van der Waals surface area contributed by atoms with Gasteiger partial charge < -0.3 is 18.9 Å². The molecule has 2 aromatic carbocycles. The summed E-state index contributed by atoms with van der Waals surface area (Å²) in [6.07, 6.45) is 0.188. The van der Waals surface area contributed by atoms with Gasteiger partial charge in [0.15, 0.2) is 11.5 Å². The van der Waals surface area contributed by atoms with Crippen molar-refractivity contribution in [1.29, 1.82) is 0 Å². The lowest BCUT2D eigenvalue weighted by Gasteiger charge is -2.18. The summed E-state index contributed by atoms with van der Waals surface area (Å²) in [5.41, 5.74) is 4.81. The number of fused-ring (bicyclic) bond motifs is 1. The molecule has 7 heteroatoms. The summed E-state index contributed by atoms with van der Waals surface area (Å²) >= 11 is 0. The number of carbonyl (C=O) groups excluding carboxylic acids is 1. The second kappa shape index (κ2) is 8.44. The summed E-state index contributed by atoms with van der Waals surface area (Å²) in [4.78, 5) is 12.2. The molecule has 0 saturated heterocycles. The number of methoxy groups -OCH3 is 2. The molecule has 1 N–H and O–H groups in total. The fourth-order valence-corrected chi connectivity index (χ4v) is 2.73. The Morgan fingerprint density at radius 3 is 2.59 bits per heavy atom. The maximum Gasteiger partial charge on any atom is 0.244 e. The van der Waals surface area contributed by atoms with Crippen molar-refractivity contribution < 1.29 is 23.7 Å². The van der Waals surface area contributed by atoms with Crippen LogP contribution in [-0.2, 0) is 11.2 Å². The highest BCUT2D eigenvalue weighted by Gasteiger charge is 2.13. The third-order valence-electron chi connectivity index (χ3n) is 4.12. The second-order valence-corrected chi connectivity index (χ2v) is 5.95. The molecule has 0 spiro atoms. The first-order valence-electron chi connectivity index (χ1n) is 8.54. The van der Waals surface area contributed by atoms with Gasteiger partial charge in [0, 0.05) is 11.6 Å². The predicted molar refractivity (Wildman–Crippen MR) is 101 cm³/mol. The Kier molecular flexibility index (Phi) is 5.80. The van der Waals surface area contributed by atoms with Crippen molar-refractivity contribution in [3.8, 4) is 23.0 Å². The van der Waals surface area contributed by atoms with Gasteiger partial charge in [0.2, 0.25) is 5.91 Å². The lowest BCUT2D eigenvalue weighted by Crippen LogP contribution is -2.21. The zero-order chi connectivity index (χ0) is 19.2. The molecule has 1 aliphatic rings. The van der Waals surface area contributed by atoms with Crippen LogP contribution in [0.3, 0.4) is 0 Å². The predicted octanol–water partition coefficient (Wildman–Crippen LogP) is 2.56. The van der Waals surface area contributed by atoms with Crippen LogP contribution in [0.2, 0.25) is 0 Å². The Bertz CT molecular complexity index is 863. The fourth-order valence-electron chi connectivity index (χ4n) is 2.73. The number of amides is 1. The van der Waals surface area contributed by atoms with Crippen LogP contribution in [0.15, 0.2) is 41.5 Å². The molecule has 0 bridgehead atoms. The molecule has 0 fully saturated rings. The van der Waals surface area contributed by atoms with Crippen LogP contribution in [0.4, 0.5) is 0 Å². The zero-order valence-corrected chi connectivity index (χ0v) is 15.6. The summed E-state index contributed by atoms with van der Waals surface area (Å²) in [5.74, 6) is 2.45. The first-order valence-corrected chi connectivity index (χ1v) is 8.54. The van der Waals surface area contributed by atoms with Crippen molar-refractivity contribution >= 4 is 11.6 Å². The van der Waals surface area contributed by atoms with Gasteiger partial charge in [-0.25, -0.2) is 5.43 Å². The summed E-state index contributed by atoms with van der Waals surface area (Å²) < 4.78 is 21.6. The van der Waals surface area contributed by atoms with E-state index < -0.39 is 0 Å². The van der Waals surface area contributed by atoms with E-state index in [1.54, 1.807) is 27.2 Å². The molecule has 2 aromatic rings. The fraction of sp³-hybridized carbons (Fsp3) is 0.300. The Balaban J connectivity index is 1.66. The van der Waals surface area contributed by atoms with Crippen LogP contribution in [0.25, 0.3) is 0 Å². The monoisotopic (exact) mass is 370 g/mol. The van der Waals surface area contributed by atoms with E-state index in [0.717, 1.165) is 11.1 Å². The van der Waals surface area contributed by atoms with Crippen LogP contribution >= 0.6 is 0 Å². The average Bonchev–Trinajstić information content (AvgIpc) is 2.71. The zero-order valence-electron chi connectivity index (χ0n) is 15.6. The van der Waals surface area contributed by atoms with Gasteiger partial charge in [-0.3, -0.25) is 4.79 Å². The van der Waals surface area contributed by atoms with Gasteiger partial charge in [-0.15, -0.1) is 0 Å². The highest BCUT2D eigenvalue weighted by molar-refractivity contribution is 6.01. The smallest absolute Gasteiger partial charge is 0.244 e. The van der Waals surface area contributed by atoms with Gasteiger partial charge in [-0.05, 0) is 36.8 Å². The molecule has 0 aromatic heterocycles. The van der Waals surface area contributed by atoms with Gasteiger partial charge in [-0.2, -0.15) is 5.10 Å². The van der Waals surface area contributed by atoms with Gasteiger partial charge >= 0.3 is 0 Å². The van der Waals surface area contributed by atoms with Crippen molar-refractivity contribution in [1.82, 2.24) is 5.43 Å². The Labute approximate surface area is 157 Å². The number of ether oxygens (including phenoxy) is 4. The SMILES string of the molecule is COc1ccc(/C(C)=N\NC(=O)Cc2ccc3c(c2)OCCO3)c(OC)c1. The number of nitrogens with one attached hydrogen (secondary N) is 1. The molecule has 7 nitrogen and oxygen atoms in total. The van der Waals surface area contributed by atoms with Crippen LogP contribution in [0.5, 0.6) is 23.0 Å². The molecule has 142 valence electrons. The van der Waals surface area contributed by atoms with Crippen LogP contribution in [-0.4, -0.2) is 39.1 Å². The number of hydrogen-bond acceptors (Lipinski definition) is 6. The van der Waals surface area contributed by atoms with Gasteiger partial charge in [0.1, 0.15) is 24.7 Å². The summed E-state index contributed by atoms with van der Waals surface area (Å²) in [7, 11) is 3.17. The molecule has 0 unspecified atom stereocenters. The largest absolute Gasteiger partial charge is 0.497 e. The highest BCUT2D eigenvalue weighted by Crippen LogP contribution is 2.30. The average molecular weight is 370 g/mol. The number of carbonyl (C=O) groups is 1. The molecule has 0 aliphatic carbocycles. The van der Waals surface area contributed by atoms with E-state index in [0.29, 0.717) is 41.9 Å². The Hall–Kier alpha value is -3.22. The third kappa shape index (κ3) is 4.49. The minimum atomic E-state index is -0.224. The van der Waals surface area contributed by atoms with Crippen molar-refractivity contribution in [2.45, 2.75) is 13.3 Å². The van der Waals surface area contributed by atoms with Crippen LogP contribution in [0.1, 0.15) is 18.1 Å². The molecule has 3 rings (SSSR count). The van der Waals surface area contributed by atoms with Crippen molar-refractivity contribution in [2.75, 3.05) is 27.4 Å². The van der Waals surface area contributed by atoms with Crippen LogP contribution < -0.4 is 24.4 Å². The summed E-state index contributed by atoms with van der Waals surface area (Å²) in [6.45, 7) is 2.85. The minimum Gasteiger partial charge on any atom is -0.497 e. The number of hydrazone groups is 1. The molecule has 1 heterocycles. The molecular weight excluding hydrogens is 348 g/mol. The minimum absolute atomic E-state index is 0.188. The quantitative estimate of drug-likeness (QED) is 0.625. The molecule has 1 amide bonds. The first-order chi connectivity index (χ1) is 13.1. The van der Waals surface area contributed by atoms with E-state index >= 15 is 0 Å². The van der Waals surface area contributed by atoms with E-state index in [-0.39, 0.29) is 12.3 Å². The maximum atomic E-state index is 12.2. The molecule has 0 radical (unpaired) electrons. The van der Waals surface area contributed by atoms with Crippen molar-refractivity contribution in [2.24, 2.45) is 5.10 Å². The first kappa shape index (κ1) is 18.6. The van der Waals surface area contributed by atoms with Gasteiger partial charge in [-0.1, -0.05) is 6.07 Å². The number of hydrogen-bond donors (Lipinski definition) is 1. The lowest BCUT2D eigenvalue weighted by molar-refractivity contribution is -0.120. The topological polar surface area (TPSA) is 78.4 Å². The van der Waals surface area contributed by atoms with Gasteiger partial charge in [0.25, 0.3) is 0 Å². The van der Waals surface area contributed by atoms with Crippen LogP contribution in [0, 0.1) is 0 Å². The Morgan fingerprint density at radius 1 is 1.07 bits per heavy atom. The third-order valence-corrected chi connectivity index (χ3v) is 4.12. The van der Waals surface area contributed by atoms with E-state index in [4.69, 9.17) is 18.9 Å². The normalized spacial score (nSPS) is 13.1.